The molecule has 3 nitrogen and oxygen atoms in total. The zero-order chi connectivity index (χ0) is 24.4. The summed E-state index contributed by atoms with van der Waals surface area (Å²) in [6.07, 6.45) is 1.89. The summed E-state index contributed by atoms with van der Waals surface area (Å²) >= 11 is 0. The first kappa shape index (κ1) is 20.8. The van der Waals surface area contributed by atoms with Crippen molar-refractivity contribution in [1.29, 1.82) is 0 Å². The van der Waals surface area contributed by atoms with E-state index in [0.29, 0.717) is 0 Å². The number of para-hydroxylation sites is 2. The predicted octanol–water partition coefficient (Wildman–Crippen LogP) is 7.59. The van der Waals surface area contributed by atoms with Gasteiger partial charge in [-0.3, -0.25) is 4.57 Å². The van der Waals surface area contributed by atoms with Crippen molar-refractivity contribution in [3.8, 4) is 16.9 Å². The lowest BCUT2D eigenvalue weighted by Gasteiger charge is -2.15. The molecule has 172 valence electrons. The lowest BCUT2D eigenvalue weighted by atomic mass is 9.93. The fourth-order valence-corrected chi connectivity index (χ4v) is 5.87. The van der Waals surface area contributed by atoms with Crippen LogP contribution in [0.5, 0.6) is 0 Å². The highest BCUT2D eigenvalue weighted by Crippen LogP contribution is 2.36. The third-order valence-electron chi connectivity index (χ3n) is 7.65. The van der Waals surface area contributed by atoms with Gasteiger partial charge in [-0.05, 0) is 66.1 Å². The highest BCUT2D eigenvalue weighted by atomic mass is 15.1. The van der Waals surface area contributed by atoms with E-state index in [-0.39, 0.29) is 0 Å². The van der Waals surface area contributed by atoms with Crippen LogP contribution in [0.25, 0.3) is 60.6 Å². The van der Waals surface area contributed by atoms with E-state index in [4.69, 9.17) is 4.98 Å². The Balaban J connectivity index is 1.65. The minimum Gasteiger partial charge on any atom is -0.293 e. The summed E-state index contributed by atoms with van der Waals surface area (Å²) in [6, 6.07) is 34.9. The monoisotopic (exact) mass is 464 g/mol. The second kappa shape index (κ2) is 7.76. The average molecular weight is 465 g/mol. The van der Waals surface area contributed by atoms with Crippen LogP contribution in [-0.4, -0.2) is 9.55 Å². The summed E-state index contributed by atoms with van der Waals surface area (Å²) in [5.41, 5.74) is 9.53. The van der Waals surface area contributed by atoms with E-state index in [9.17, 15) is 0 Å². The van der Waals surface area contributed by atoms with E-state index in [0.717, 1.165) is 11.3 Å². The third kappa shape index (κ3) is 2.86. The summed E-state index contributed by atoms with van der Waals surface area (Å²) in [5.74, 6) is 0. The Morgan fingerprint density at radius 1 is 0.667 bits per heavy atom. The number of hydrogen-bond acceptors (Lipinski definition) is 1. The number of aryl methyl sites for hydroxylation is 3. The van der Waals surface area contributed by atoms with Crippen LogP contribution < -0.4 is 4.57 Å². The molecular formula is C33H26N3+. The van der Waals surface area contributed by atoms with Gasteiger partial charge in [-0.2, -0.15) is 4.57 Å². The van der Waals surface area contributed by atoms with E-state index in [1.54, 1.807) is 0 Å². The number of nitrogens with zero attached hydrogens (tertiary/aromatic N) is 3. The molecule has 0 fully saturated rings. The standard InChI is InChI=1S/C33H26N3/c1-21-19-28(22(2)24-12-5-4-11-23(21)24)31-20-32(27-14-7-8-16-29(27)35(31)3)36-30-17-9-6-13-25(30)26-15-10-18-34-33(26)36/h4-20H,1-3H3/q+1. The molecule has 0 aliphatic rings. The second-order valence-corrected chi connectivity index (χ2v) is 9.63. The normalized spacial score (nSPS) is 11.8. The van der Waals surface area contributed by atoms with Crippen molar-refractivity contribution < 1.29 is 4.57 Å². The molecule has 0 aliphatic heterocycles. The van der Waals surface area contributed by atoms with Crippen LogP contribution in [0.15, 0.2) is 103 Å². The van der Waals surface area contributed by atoms with Crippen molar-refractivity contribution in [1.82, 2.24) is 9.55 Å². The molecule has 7 aromatic rings. The van der Waals surface area contributed by atoms with E-state index in [2.05, 4.69) is 121 Å². The Hall–Kier alpha value is -4.50. The number of fused-ring (bicyclic) bond motifs is 5. The van der Waals surface area contributed by atoms with Gasteiger partial charge in [-0.15, -0.1) is 0 Å². The Labute approximate surface area is 209 Å². The van der Waals surface area contributed by atoms with Gasteiger partial charge in [0.05, 0.1) is 22.2 Å². The van der Waals surface area contributed by atoms with Gasteiger partial charge in [-0.25, -0.2) is 4.98 Å². The first-order valence-electron chi connectivity index (χ1n) is 12.4. The Kier molecular flexibility index (Phi) is 4.49. The lowest BCUT2D eigenvalue weighted by molar-refractivity contribution is -0.633. The van der Waals surface area contributed by atoms with Crippen molar-refractivity contribution in [2.75, 3.05) is 0 Å². The highest BCUT2D eigenvalue weighted by Gasteiger charge is 2.23. The van der Waals surface area contributed by atoms with Gasteiger partial charge >= 0.3 is 0 Å². The van der Waals surface area contributed by atoms with Gasteiger partial charge < -0.3 is 0 Å². The zero-order valence-corrected chi connectivity index (χ0v) is 20.7. The summed E-state index contributed by atoms with van der Waals surface area (Å²) in [6.45, 7) is 4.46. The Morgan fingerprint density at radius 2 is 1.33 bits per heavy atom. The molecule has 3 heteroatoms. The maximum absolute atomic E-state index is 4.86. The van der Waals surface area contributed by atoms with Crippen molar-refractivity contribution in [3.05, 3.63) is 114 Å². The van der Waals surface area contributed by atoms with E-state index in [1.165, 1.54) is 60.3 Å². The molecule has 4 aromatic carbocycles. The van der Waals surface area contributed by atoms with E-state index in [1.807, 2.05) is 12.3 Å². The number of rotatable bonds is 2. The molecule has 3 aromatic heterocycles. The quantitative estimate of drug-likeness (QED) is 0.242. The molecule has 0 spiro atoms. The van der Waals surface area contributed by atoms with Gasteiger partial charge in [0, 0.05) is 29.1 Å². The zero-order valence-electron chi connectivity index (χ0n) is 20.7. The summed E-state index contributed by atoms with van der Waals surface area (Å²) < 4.78 is 4.66. The molecule has 0 unspecified atom stereocenters. The smallest absolute Gasteiger partial charge is 0.215 e. The molecule has 7 rings (SSSR count). The minimum atomic E-state index is 0.982. The number of aromatic nitrogens is 3. The number of benzene rings is 4. The average Bonchev–Trinajstić information content (AvgIpc) is 3.26. The third-order valence-corrected chi connectivity index (χ3v) is 7.65. The maximum Gasteiger partial charge on any atom is 0.215 e. The predicted molar refractivity (Wildman–Crippen MR) is 150 cm³/mol. The molecule has 0 bridgehead atoms. The maximum atomic E-state index is 4.86. The van der Waals surface area contributed by atoms with Gasteiger partial charge in [-0.1, -0.05) is 54.6 Å². The first-order chi connectivity index (χ1) is 17.6. The molecule has 0 saturated carbocycles. The molecule has 0 saturated heterocycles. The van der Waals surface area contributed by atoms with Crippen LogP contribution in [0.2, 0.25) is 0 Å². The lowest BCUT2D eigenvalue weighted by Crippen LogP contribution is -2.33. The molecule has 0 atom stereocenters. The Morgan fingerprint density at radius 3 is 2.17 bits per heavy atom. The summed E-state index contributed by atoms with van der Waals surface area (Å²) in [4.78, 5) is 4.86. The summed E-state index contributed by atoms with van der Waals surface area (Å²) in [5, 5.41) is 6.21. The van der Waals surface area contributed by atoms with Crippen LogP contribution in [-0.2, 0) is 7.05 Å². The van der Waals surface area contributed by atoms with Crippen LogP contribution in [0.1, 0.15) is 11.1 Å². The molecular weight excluding hydrogens is 438 g/mol. The molecule has 0 radical (unpaired) electrons. The van der Waals surface area contributed by atoms with Crippen molar-refractivity contribution >= 4 is 43.6 Å². The van der Waals surface area contributed by atoms with Crippen molar-refractivity contribution in [2.24, 2.45) is 7.05 Å². The van der Waals surface area contributed by atoms with Crippen LogP contribution in [0.4, 0.5) is 0 Å². The van der Waals surface area contributed by atoms with Crippen LogP contribution in [0, 0.1) is 13.8 Å². The molecule has 36 heavy (non-hydrogen) atoms. The van der Waals surface area contributed by atoms with Gasteiger partial charge in [0.15, 0.2) is 0 Å². The minimum absolute atomic E-state index is 0.982. The second-order valence-electron chi connectivity index (χ2n) is 9.63. The molecule has 3 heterocycles. The SMILES string of the molecule is Cc1cc(-c2cc(-n3c4ccccc4c4cccnc43)c3ccccc3[n+]2C)c(C)c2ccccc12. The van der Waals surface area contributed by atoms with E-state index < -0.39 is 0 Å². The van der Waals surface area contributed by atoms with E-state index >= 15 is 0 Å². The van der Waals surface area contributed by atoms with Crippen LogP contribution in [0.3, 0.4) is 0 Å². The highest BCUT2D eigenvalue weighted by molar-refractivity contribution is 6.09. The topological polar surface area (TPSA) is 21.7 Å². The van der Waals surface area contributed by atoms with Crippen molar-refractivity contribution in [2.45, 2.75) is 13.8 Å². The number of pyridine rings is 2. The van der Waals surface area contributed by atoms with Gasteiger partial charge in [0.1, 0.15) is 12.7 Å². The summed E-state index contributed by atoms with van der Waals surface area (Å²) in [7, 11) is 2.18. The van der Waals surface area contributed by atoms with Crippen molar-refractivity contribution in [3.63, 3.8) is 0 Å². The largest absolute Gasteiger partial charge is 0.293 e. The Bertz CT molecular complexity index is 1920. The van der Waals surface area contributed by atoms with Gasteiger partial charge in [0.25, 0.3) is 0 Å². The van der Waals surface area contributed by atoms with Gasteiger partial charge in [0.2, 0.25) is 11.2 Å². The molecule has 0 amide bonds. The molecule has 0 aliphatic carbocycles. The first-order valence-corrected chi connectivity index (χ1v) is 12.4. The van der Waals surface area contributed by atoms with Crippen LogP contribution >= 0.6 is 0 Å². The fraction of sp³-hybridized carbons (Fsp3) is 0.0909. The fourth-order valence-electron chi connectivity index (χ4n) is 5.87. The number of hydrogen-bond donors (Lipinski definition) is 0. The molecule has 0 N–H and O–H groups in total.